The number of hydrogen-bond donors (Lipinski definition) is 2. The molecule has 1 aromatic carbocycles. The number of carbonyl (C=O) groups is 1. The molecule has 0 spiro atoms. The number of fused-ring (bicyclic) bond motifs is 1. The van der Waals surface area contributed by atoms with Gasteiger partial charge < -0.3 is 34.3 Å². The molecule has 12 nitrogen and oxygen atoms in total. The van der Waals surface area contributed by atoms with Crippen molar-refractivity contribution in [3.05, 3.63) is 66.2 Å². The van der Waals surface area contributed by atoms with E-state index >= 15 is 0 Å². The van der Waals surface area contributed by atoms with Crippen LogP contribution in [0, 0.1) is 0 Å². The number of likely N-dealkylation sites (tertiary alicyclic amines) is 1. The number of hydrogen-bond acceptors (Lipinski definition) is 10. The maximum Gasteiger partial charge on any atom is 0.414 e. The molecule has 2 N–H and O–H groups in total. The highest BCUT2D eigenvalue weighted by Crippen LogP contribution is 2.37. The quantitative estimate of drug-likeness (QED) is 0.102. The van der Waals surface area contributed by atoms with Gasteiger partial charge >= 0.3 is 12.3 Å². The van der Waals surface area contributed by atoms with Gasteiger partial charge in [-0.3, -0.25) is 9.88 Å². The first-order valence-corrected chi connectivity index (χ1v) is 23.1. The number of morpholine rings is 1. The Kier molecular flexibility index (Phi) is 12.9. The summed E-state index contributed by atoms with van der Waals surface area (Å²) in [5.74, 6) is 0.819. The van der Waals surface area contributed by atoms with E-state index in [1.54, 1.807) is 24.5 Å². The second-order valence-corrected chi connectivity index (χ2v) is 22.5. The lowest BCUT2D eigenvalue weighted by Gasteiger charge is -2.33. The second-order valence-electron chi connectivity index (χ2n) is 16.8. The molecule has 2 fully saturated rings. The molecule has 4 aromatic rings. The molecule has 1 amide bonds. The molecule has 56 heavy (non-hydrogen) atoms. The van der Waals surface area contributed by atoms with Gasteiger partial charge in [0.2, 0.25) is 0 Å². The van der Waals surface area contributed by atoms with Crippen LogP contribution in [-0.4, -0.2) is 102 Å². The van der Waals surface area contributed by atoms with Gasteiger partial charge in [0.25, 0.3) is 0 Å². The maximum atomic E-state index is 14.7. The number of nitrogens with one attached hydrogen (secondary N) is 2. The van der Waals surface area contributed by atoms with Crippen molar-refractivity contribution >= 4 is 36.7 Å². The zero-order valence-electron chi connectivity index (χ0n) is 33.3. The number of aromatic nitrogens is 4. The van der Waals surface area contributed by atoms with Crippen LogP contribution in [0.25, 0.3) is 22.3 Å². The highest BCUT2D eigenvalue weighted by atomic mass is 28.3. The zero-order chi connectivity index (χ0) is 40.1. The largest absolute Gasteiger partial charge is 0.444 e. The number of alkyl carbamates (subject to hydrolysis) is 1. The summed E-state index contributed by atoms with van der Waals surface area (Å²) in [6.07, 6.45) is -0.459. The summed E-state index contributed by atoms with van der Waals surface area (Å²) in [5, 5.41) is 6.52. The van der Waals surface area contributed by atoms with Crippen molar-refractivity contribution < 1.29 is 32.2 Å². The molecule has 2 atom stereocenters. The lowest BCUT2D eigenvalue weighted by atomic mass is 10.0. The molecule has 304 valence electrons. The molecular weight excluding hydrogens is 742 g/mol. The fourth-order valence-electron chi connectivity index (χ4n) is 7.01. The van der Waals surface area contributed by atoms with Crippen molar-refractivity contribution in [2.24, 2.45) is 0 Å². The van der Waals surface area contributed by atoms with Crippen LogP contribution in [0.15, 0.2) is 55.0 Å². The molecule has 16 heteroatoms. The molecule has 0 aliphatic carbocycles. The number of piperidine rings is 1. The normalized spacial score (nSPS) is 17.9. The number of anilines is 2. The summed E-state index contributed by atoms with van der Waals surface area (Å²) >= 11 is 0. The van der Waals surface area contributed by atoms with Crippen LogP contribution in [0.3, 0.4) is 0 Å². The lowest BCUT2D eigenvalue weighted by molar-refractivity contribution is -0.144. The number of amides is 1. The predicted molar refractivity (Wildman–Crippen MR) is 214 cm³/mol. The second kappa shape index (κ2) is 17.5. The van der Waals surface area contributed by atoms with Gasteiger partial charge in [-0.2, -0.15) is 13.2 Å². The summed E-state index contributed by atoms with van der Waals surface area (Å²) in [6.45, 7) is 17.6. The Morgan fingerprint density at radius 1 is 1.02 bits per heavy atom. The molecular formula is C40H55F3N8O4Si. The number of alkyl halides is 3. The number of ether oxygens (including phenoxy) is 3. The van der Waals surface area contributed by atoms with Gasteiger partial charge in [-0.05, 0) is 87.7 Å². The van der Waals surface area contributed by atoms with Gasteiger partial charge in [0.1, 0.15) is 30.1 Å². The molecule has 2 aliphatic rings. The van der Waals surface area contributed by atoms with Crippen LogP contribution >= 0.6 is 0 Å². The van der Waals surface area contributed by atoms with E-state index in [9.17, 15) is 18.0 Å². The summed E-state index contributed by atoms with van der Waals surface area (Å²) in [5.41, 5.74) is 2.65. The van der Waals surface area contributed by atoms with Gasteiger partial charge in [0, 0.05) is 58.8 Å². The Bertz CT molecular complexity index is 1920. The Morgan fingerprint density at radius 3 is 2.46 bits per heavy atom. The Hall–Kier alpha value is -4.25. The average molecular weight is 797 g/mol. The maximum absolute atomic E-state index is 14.7. The molecule has 0 saturated carbocycles. The van der Waals surface area contributed by atoms with Crippen molar-refractivity contribution in [2.75, 3.05) is 56.2 Å². The van der Waals surface area contributed by atoms with Crippen LogP contribution in [0.2, 0.25) is 25.7 Å². The Labute approximate surface area is 328 Å². The number of rotatable bonds is 13. The molecule has 1 unspecified atom stereocenters. The van der Waals surface area contributed by atoms with Gasteiger partial charge in [-0.15, -0.1) is 0 Å². The third-order valence-electron chi connectivity index (χ3n) is 9.79. The first-order valence-electron chi connectivity index (χ1n) is 19.4. The van der Waals surface area contributed by atoms with Crippen molar-refractivity contribution in [1.29, 1.82) is 0 Å². The summed E-state index contributed by atoms with van der Waals surface area (Å²) in [7, 11) is -1.32. The van der Waals surface area contributed by atoms with E-state index in [1.807, 2.05) is 43.5 Å². The molecule has 0 bridgehead atoms. The summed E-state index contributed by atoms with van der Waals surface area (Å²) < 4.78 is 63.3. The molecule has 2 aliphatic heterocycles. The van der Waals surface area contributed by atoms with E-state index in [1.165, 1.54) is 12.3 Å². The standard InChI is InChI=1S/C40H55F3N8O4Si/c1-39(2,3)55-38(52)48-31-8-7-15-49(25-31)24-28-13-14-44-33(22-28)35(40(41,42)43)47-30-11-9-29(10-12-30)34-23-32-36(50-16-18-53-19-17-50)45-26-46-37(32)51(34)27-54-20-21-56(4,5)6/h9-14,22-23,26,31,35,47H,7-8,15-21,24-25,27H2,1-6H3,(H,48,52)/t31-,35?/m1/s1. The van der Waals surface area contributed by atoms with Crippen molar-refractivity contribution in [3.63, 3.8) is 0 Å². The Morgan fingerprint density at radius 2 is 1.77 bits per heavy atom. The highest BCUT2D eigenvalue weighted by molar-refractivity contribution is 6.76. The minimum absolute atomic E-state index is 0.115. The van der Waals surface area contributed by atoms with Gasteiger partial charge in [0.15, 0.2) is 6.04 Å². The molecule has 0 radical (unpaired) electrons. The fraction of sp³-hybridized carbons (Fsp3) is 0.550. The van der Waals surface area contributed by atoms with Crippen LogP contribution < -0.4 is 15.5 Å². The lowest BCUT2D eigenvalue weighted by Crippen LogP contribution is -2.48. The van der Waals surface area contributed by atoms with E-state index in [0.29, 0.717) is 57.3 Å². The van der Waals surface area contributed by atoms with Gasteiger partial charge in [0.05, 0.1) is 30.0 Å². The monoisotopic (exact) mass is 796 g/mol. The van der Waals surface area contributed by atoms with Crippen LogP contribution in [0.4, 0.5) is 29.5 Å². The van der Waals surface area contributed by atoms with Crippen LogP contribution in [0.1, 0.15) is 50.9 Å². The Balaban J connectivity index is 1.19. The summed E-state index contributed by atoms with van der Waals surface area (Å²) in [6, 6.07) is 11.1. The van der Waals surface area contributed by atoms with Crippen molar-refractivity contribution in [3.8, 4) is 11.3 Å². The van der Waals surface area contributed by atoms with Gasteiger partial charge in [-0.25, -0.2) is 14.8 Å². The average Bonchev–Trinajstić information content (AvgIpc) is 3.50. The third-order valence-corrected chi connectivity index (χ3v) is 11.5. The number of benzene rings is 1. The SMILES string of the molecule is CC(C)(C)OC(=O)N[C@@H]1CCCN(Cc2ccnc(C(Nc3ccc(-c4cc5c(N6CCOCC6)ncnc5n4COCC[Si](C)(C)C)cc3)C(F)(F)F)c2)C1. The first-order chi connectivity index (χ1) is 26.5. The van der Waals surface area contributed by atoms with E-state index in [0.717, 1.165) is 53.5 Å². The fourth-order valence-corrected chi connectivity index (χ4v) is 7.77. The third kappa shape index (κ3) is 11.2. The molecule has 2 saturated heterocycles. The van der Waals surface area contributed by atoms with E-state index in [2.05, 4.69) is 55.0 Å². The van der Waals surface area contributed by atoms with Gasteiger partial charge in [-0.1, -0.05) is 31.8 Å². The zero-order valence-corrected chi connectivity index (χ0v) is 34.3. The topological polar surface area (TPSA) is 119 Å². The highest BCUT2D eigenvalue weighted by Gasteiger charge is 2.42. The first kappa shape index (κ1) is 41.4. The summed E-state index contributed by atoms with van der Waals surface area (Å²) in [4.78, 5) is 30.1. The van der Waals surface area contributed by atoms with E-state index in [4.69, 9.17) is 14.2 Å². The number of carbonyl (C=O) groups excluding carboxylic acids is 1. The van der Waals surface area contributed by atoms with E-state index in [-0.39, 0.29) is 18.5 Å². The molecule has 3 aromatic heterocycles. The minimum atomic E-state index is -4.62. The van der Waals surface area contributed by atoms with E-state index < -0.39 is 32.0 Å². The number of pyridine rings is 1. The van der Waals surface area contributed by atoms with Crippen molar-refractivity contribution in [1.82, 2.24) is 29.7 Å². The predicted octanol–water partition coefficient (Wildman–Crippen LogP) is 7.85. The minimum Gasteiger partial charge on any atom is -0.444 e. The molecule has 5 heterocycles. The smallest absolute Gasteiger partial charge is 0.414 e. The number of nitrogens with zero attached hydrogens (tertiary/aromatic N) is 6. The number of halogens is 3. The van der Waals surface area contributed by atoms with Crippen LogP contribution in [0.5, 0.6) is 0 Å². The van der Waals surface area contributed by atoms with Crippen LogP contribution in [-0.2, 0) is 27.5 Å². The van der Waals surface area contributed by atoms with Crippen molar-refractivity contribution in [2.45, 2.75) is 96.4 Å². The molecule has 6 rings (SSSR count).